The van der Waals surface area contributed by atoms with Crippen molar-refractivity contribution in [1.29, 1.82) is 0 Å². The van der Waals surface area contributed by atoms with E-state index in [1.807, 2.05) is 11.6 Å². The molecule has 314 valence electrons. The molecule has 15 nitrogen and oxygen atoms in total. The third kappa shape index (κ3) is 8.50. The van der Waals surface area contributed by atoms with Gasteiger partial charge in [0, 0.05) is 12.3 Å². The van der Waals surface area contributed by atoms with Crippen molar-refractivity contribution in [1.82, 2.24) is 20.3 Å². The van der Waals surface area contributed by atoms with E-state index in [1.54, 1.807) is 19.1 Å². The predicted octanol–water partition coefficient (Wildman–Crippen LogP) is 3.81. The average molecular weight is 831 g/mol. The summed E-state index contributed by atoms with van der Waals surface area (Å²) in [5.74, 6) is -4.59. The molecule has 1 aromatic rings. The minimum Gasteiger partial charge on any atom is -0.457 e. The summed E-state index contributed by atoms with van der Waals surface area (Å²) >= 11 is 0. The van der Waals surface area contributed by atoms with Crippen molar-refractivity contribution in [3.63, 3.8) is 0 Å². The van der Waals surface area contributed by atoms with Gasteiger partial charge in [0.1, 0.15) is 35.1 Å². The maximum atomic E-state index is 14.6. The fourth-order valence-electron chi connectivity index (χ4n) is 7.44. The molecule has 5 aliphatic rings. The summed E-state index contributed by atoms with van der Waals surface area (Å²) < 4.78 is 102. The van der Waals surface area contributed by atoms with E-state index in [2.05, 4.69) is 10.6 Å². The van der Waals surface area contributed by atoms with Gasteiger partial charge < -0.3 is 34.5 Å². The lowest BCUT2D eigenvalue weighted by atomic mass is 9.88. The predicted molar refractivity (Wildman–Crippen MR) is 191 cm³/mol. The molecule has 3 N–H and O–H groups in total. The number of sulfonamides is 1. The zero-order chi connectivity index (χ0) is 41.7. The fourth-order valence-corrected chi connectivity index (χ4v) is 8.87. The monoisotopic (exact) mass is 830 g/mol. The van der Waals surface area contributed by atoms with Crippen molar-refractivity contribution < 1.29 is 68.9 Å². The molecule has 3 heterocycles. The largest absolute Gasteiger partial charge is 0.457 e. The first-order valence-corrected chi connectivity index (χ1v) is 20.2. The minimum absolute atomic E-state index is 0.00731. The van der Waals surface area contributed by atoms with Crippen LogP contribution < -0.4 is 24.8 Å². The summed E-state index contributed by atoms with van der Waals surface area (Å²) in [6, 6.07) is 1.29. The van der Waals surface area contributed by atoms with E-state index < -0.39 is 105 Å². The summed E-state index contributed by atoms with van der Waals surface area (Å²) in [5, 5.41) is 4.93. The van der Waals surface area contributed by atoms with E-state index in [-0.39, 0.29) is 49.7 Å². The molecule has 57 heavy (non-hydrogen) atoms. The minimum atomic E-state index is -4.95. The topological polar surface area (TPSA) is 196 Å². The Morgan fingerprint density at radius 1 is 1.07 bits per heavy atom. The molecule has 1 saturated heterocycles. The fraction of sp³-hybridized carbons (Fsp3) is 0.649. The highest BCUT2D eigenvalue weighted by Gasteiger charge is 2.64. The molecular formula is C37H46F4N4O11S. The Morgan fingerprint density at radius 2 is 1.77 bits per heavy atom. The van der Waals surface area contributed by atoms with Crippen LogP contribution in [0, 0.1) is 17.8 Å². The quantitative estimate of drug-likeness (QED) is 0.196. The number of esters is 1. The molecular weight excluding hydrogens is 784 g/mol. The second kappa shape index (κ2) is 15.3. The van der Waals surface area contributed by atoms with Crippen LogP contribution >= 0.6 is 0 Å². The Kier molecular flexibility index (Phi) is 11.3. The first-order chi connectivity index (χ1) is 26.6. The second-order valence-electron chi connectivity index (χ2n) is 16.2. The van der Waals surface area contributed by atoms with Gasteiger partial charge in [-0.25, -0.2) is 22.4 Å². The molecule has 0 radical (unpaired) electrons. The molecule has 0 spiro atoms. The Bertz CT molecular complexity index is 1940. The number of halogens is 4. The van der Waals surface area contributed by atoms with Gasteiger partial charge in [0.2, 0.25) is 34.2 Å². The summed E-state index contributed by atoms with van der Waals surface area (Å²) in [5.41, 5.74) is -4.69. The third-order valence-electron chi connectivity index (χ3n) is 11.5. The second-order valence-corrected chi connectivity index (χ2v) is 18.3. The maximum absolute atomic E-state index is 14.6. The molecule has 2 saturated carbocycles. The number of fused-ring (bicyclic) bond motifs is 3. The van der Waals surface area contributed by atoms with Gasteiger partial charge in [0.05, 0.1) is 12.1 Å². The molecule has 4 amide bonds. The van der Waals surface area contributed by atoms with Gasteiger partial charge in [0.25, 0.3) is 5.91 Å². The van der Waals surface area contributed by atoms with Crippen molar-refractivity contribution in [3.05, 3.63) is 35.9 Å². The number of nitrogens with one attached hydrogen (secondary N) is 3. The van der Waals surface area contributed by atoms with E-state index in [9.17, 15) is 50.0 Å². The molecule has 6 rings (SSSR count). The van der Waals surface area contributed by atoms with Crippen LogP contribution in [0.4, 0.5) is 22.4 Å². The highest BCUT2D eigenvalue weighted by atomic mass is 32.2. The normalized spacial score (nSPS) is 30.4. The van der Waals surface area contributed by atoms with Crippen LogP contribution in [0.25, 0.3) is 0 Å². The summed E-state index contributed by atoms with van der Waals surface area (Å²) in [6.45, 7) is 3.11. The van der Waals surface area contributed by atoms with Gasteiger partial charge in [-0.1, -0.05) is 26.0 Å². The number of alkyl carbamates (subject to hydrolysis) is 1. The van der Waals surface area contributed by atoms with E-state index in [0.717, 1.165) is 4.90 Å². The van der Waals surface area contributed by atoms with Crippen molar-refractivity contribution in [2.45, 2.75) is 113 Å². The Labute approximate surface area is 326 Å². The van der Waals surface area contributed by atoms with E-state index in [4.69, 9.17) is 18.9 Å². The van der Waals surface area contributed by atoms with Crippen LogP contribution in [-0.4, -0.2) is 103 Å². The Hall–Kier alpha value is -4.62. The van der Waals surface area contributed by atoms with Gasteiger partial charge >= 0.3 is 18.2 Å². The zero-order valence-electron chi connectivity index (χ0n) is 31.8. The number of nitrogens with zero attached hydrogens (tertiary/aromatic N) is 1. The average Bonchev–Trinajstić information content (AvgIpc) is 3.96. The molecule has 2 aliphatic carbocycles. The number of hydrogen-bond acceptors (Lipinski definition) is 11. The first kappa shape index (κ1) is 42.0. The number of carbonyl (C=O) groups is 5. The molecule has 1 aromatic carbocycles. The smallest absolute Gasteiger partial charge is 0.427 e. The van der Waals surface area contributed by atoms with Crippen molar-refractivity contribution in [3.8, 4) is 11.5 Å². The van der Waals surface area contributed by atoms with Gasteiger partial charge in [-0.05, 0) is 82.4 Å². The molecule has 3 aliphatic heterocycles. The van der Waals surface area contributed by atoms with E-state index in [1.165, 1.54) is 18.2 Å². The number of alkyl halides is 4. The lowest BCUT2D eigenvalue weighted by Gasteiger charge is -2.34. The summed E-state index contributed by atoms with van der Waals surface area (Å²) in [4.78, 5) is 70.1. The van der Waals surface area contributed by atoms with E-state index in [0.29, 0.717) is 38.9 Å². The van der Waals surface area contributed by atoms with Crippen LogP contribution in [0.15, 0.2) is 30.4 Å². The number of carbonyl (C=O) groups excluding carboxylic acids is 5. The van der Waals surface area contributed by atoms with Crippen LogP contribution in [0.1, 0.15) is 83.0 Å². The molecule has 3 fully saturated rings. The molecule has 7 atom stereocenters. The van der Waals surface area contributed by atoms with Gasteiger partial charge in [0.15, 0.2) is 11.5 Å². The summed E-state index contributed by atoms with van der Waals surface area (Å²) in [7, 11) is -4.49. The molecule has 0 unspecified atom stereocenters. The number of rotatable bonds is 8. The number of allylic oxidation sites excluding steroid dienone is 1. The van der Waals surface area contributed by atoms with Crippen LogP contribution in [0.3, 0.4) is 0 Å². The summed E-state index contributed by atoms with van der Waals surface area (Å²) in [6.07, 6.45) is -3.21. The van der Waals surface area contributed by atoms with Crippen molar-refractivity contribution >= 4 is 39.8 Å². The number of benzene rings is 1. The number of hydrogen-bond donors (Lipinski definition) is 3. The molecule has 0 bridgehead atoms. The van der Waals surface area contributed by atoms with Gasteiger partial charge in [-0.2, -0.15) is 13.2 Å². The van der Waals surface area contributed by atoms with Crippen LogP contribution in [0.5, 0.6) is 11.5 Å². The van der Waals surface area contributed by atoms with Crippen LogP contribution in [0.2, 0.25) is 0 Å². The van der Waals surface area contributed by atoms with Crippen molar-refractivity contribution in [2.24, 2.45) is 17.8 Å². The molecule has 0 aromatic heterocycles. The standard InChI is InChI=1S/C37H46F4N4O11S/c1-20-7-5-6-8-23-16-36(23,32(49)44-57(51,52)35(18-38)11-12-35)43-29(46)25-15-24(55-31(48)22-9-10-26-27(14-22)54-19-53-26)17-45(25)30(47)28(21(2)13-20)42-33(50)56-34(3,4)37(39,40)41/h6,8-10,14,20-21,23-25,28H,5,7,11-13,15-19H2,1-4H3,(H,42,50)(H,43,46)(H,44,49)/b8-6-/t20-,21-,23-,24-,25+,28+,36-/m1/s1. The third-order valence-corrected chi connectivity index (χ3v) is 13.6. The number of amides is 4. The zero-order valence-corrected chi connectivity index (χ0v) is 32.6. The van der Waals surface area contributed by atoms with Crippen LogP contribution in [-0.2, 0) is 33.9 Å². The SMILES string of the molecule is C[C@@H]1CC/C=C\[C@@H]2C[C@@]2(C(=O)NS(=O)(=O)C2(CF)CC2)NC(=O)[C@@H]2C[C@@H](OC(=O)c3ccc4c(c3)OCO4)CN2C(=O)[C@@H](NC(=O)OC(C)(C)C(F)(F)F)[C@H](C)C1. The lowest BCUT2D eigenvalue weighted by Crippen LogP contribution is -2.60. The highest BCUT2D eigenvalue weighted by Crippen LogP contribution is 2.48. The molecule has 20 heteroatoms. The van der Waals surface area contributed by atoms with Gasteiger partial charge in [-0.15, -0.1) is 0 Å². The van der Waals surface area contributed by atoms with Gasteiger partial charge in [-0.3, -0.25) is 19.1 Å². The van der Waals surface area contributed by atoms with Crippen molar-refractivity contribution in [2.75, 3.05) is 20.0 Å². The maximum Gasteiger partial charge on any atom is 0.427 e. The van der Waals surface area contributed by atoms with E-state index >= 15 is 0 Å². The Balaban J connectivity index is 1.31. The lowest BCUT2D eigenvalue weighted by molar-refractivity contribution is -0.244. The number of ether oxygens (including phenoxy) is 4. The Morgan fingerprint density at radius 3 is 2.44 bits per heavy atom. The first-order valence-electron chi connectivity index (χ1n) is 18.7. The highest BCUT2D eigenvalue weighted by molar-refractivity contribution is 7.91.